The summed E-state index contributed by atoms with van der Waals surface area (Å²) in [5.74, 6) is 0.571. The quantitative estimate of drug-likeness (QED) is 0.682. The van der Waals surface area contributed by atoms with E-state index in [1.165, 1.54) is 0 Å². The van der Waals surface area contributed by atoms with Gasteiger partial charge in [-0.1, -0.05) is 42.5 Å². The highest BCUT2D eigenvalue weighted by Gasteiger charge is 2.37. The van der Waals surface area contributed by atoms with E-state index < -0.39 is 5.41 Å². The lowest BCUT2D eigenvalue weighted by Crippen LogP contribution is -2.42. The van der Waals surface area contributed by atoms with Crippen LogP contribution in [0.15, 0.2) is 60.7 Å². The summed E-state index contributed by atoms with van der Waals surface area (Å²) in [7, 11) is 0. The molecule has 3 aromatic carbocycles. The Morgan fingerprint density at radius 3 is 2.67 bits per heavy atom. The lowest BCUT2D eigenvalue weighted by atomic mass is 9.93. The molecule has 1 heterocycles. The predicted molar refractivity (Wildman–Crippen MR) is 120 cm³/mol. The number of benzene rings is 3. The number of rotatable bonds is 4. The first-order valence-corrected chi connectivity index (χ1v) is 10.2. The van der Waals surface area contributed by atoms with Gasteiger partial charge in [-0.15, -0.1) is 0 Å². The van der Waals surface area contributed by atoms with Gasteiger partial charge in [0.25, 0.3) is 0 Å². The van der Waals surface area contributed by atoms with Gasteiger partial charge in [0.2, 0.25) is 11.8 Å². The Morgan fingerprint density at radius 2 is 1.87 bits per heavy atom. The number of fused-ring (bicyclic) bond motifs is 2. The van der Waals surface area contributed by atoms with Crippen molar-refractivity contribution < 1.29 is 14.3 Å². The molecule has 0 spiro atoms. The van der Waals surface area contributed by atoms with Gasteiger partial charge in [0, 0.05) is 12.2 Å². The molecule has 0 saturated carbocycles. The third kappa shape index (κ3) is 3.75. The SMILES string of the molecule is CCN1C(=O)C(C)(C)COc2ccc(NC(=O)Cc3cccc4ccccc34)cc21. The summed E-state index contributed by atoms with van der Waals surface area (Å²) in [5, 5.41) is 5.17. The average Bonchev–Trinajstić information content (AvgIpc) is 2.82. The molecule has 154 valence electrons. The van der Waals surface area contributed by atoms with Crippen LogP contribution in [0.3, 0.4) is 0 Å². The van der Waals surface area contributed by atoms with Gasteiger partial charge in [-0.05, 0) is 55.3 Å². The van der Waals surface area contributed by atoms with Crippen LogP contribution in [0.5, 0.6) is 5.75 Å². The Balaban J connectivity index is 1.57. The third-order valence-electron chi connectivity index (χ3n) is 5.49. The smallest absolute Gasteiger partial charge is 0.236 e. The van der Waals surface area contributed by atoms with Gasteiger partial charge in [0.1, 0.15) is 12.4 Å². The maximum absolute atomic E-state index is 12.9. The van der Waals surface area contributed by atoms with Crippen molar-refractivity contribution in [1.29, 1.82) is 0 Å². The lowest BCUT2D eigenvalue weighted by Gasteiger charge is -2.27. The van der Waals surface area contributed by atoms with Gasteiger partial charge in [0.05, 0.1) is 17.5 Å². The Bertz CT molecular complexity index is 1120. The maximum atomic E-state index is 12.9. The van der Waals surface area contributed by atoms with E-state index in [9.17, 15) is 9.59 Å². The zero-order chi connectivity index (χ0) is 21.3. The van der Waals surface area contributed by atoms with Crippen molar-refractivity contribution in [1.82, 2.24) is 0 Å². The summed E-state index contributed by atoms with van der Waals surface area (Å²) < 4.78 is 5.89. The van der Waals surface area contributed by atoms with Crippen molar-refractivity contribution in [3.63, 3.8) is 0 Å². The number of carbonyl (C=O) groups excluding carboxylic acids is 2. The second-order valence-electron chi connectivity index (χ2n) is 8.27. The largest absolute Gasteiger partial charge is 0.490 e. The summed E-state index contributed by atoms with van der Waals surface area (Å²) in [5.41, 5.74) is 1.72. The monoisotopic (exact) mass is 402 g/mol. The number of hydrogen-bond donors (Lipinski definition) is 1. The molecule has 3 aromatic rings. The number of nitrogens with zero attached hydrogens (tertiary/aromatic N) is 1. The molecule has 0 radical (unpaired) electrons. The lowest BCUT2D eigenvalue weighted by molar-refractivity contribution is -0.127. The van der Waals surface area contributed by atoms with Gasteiger partial charge >= 0.3 is 0 Å². The minimum Gasteiger partial charge on any atom is -0.490 e. The van der Waals surface area contributed by atoms with Crippen LogP contribution in [0.2, 0.25) is 0 Å². The Morgan fingerprint density at radius 1 is 1.10 bits per heavy atom. The molecule has 0 saturated heterocycles. The number of anilines is 2. The molecule has 1 N–H and O–H groups in total. The Kier molecular flexibility index (Phi) is 5.20. The van der Waals surface area contributed by atoms with Crippen LogP contribution in [0.1, 0.15) is 26.3 Å². The van der Waals surface area contributed by atoms with E-state index in [-0.39, 0.29) is 18.2 Å². The minimum absolute atomic E-state index is 0.0166. The topological polar surface area (TPSA) is 58.6 Å². The van der Waals surface area contributed by atoms with E-state index in [0.29, 0.717) is 30.3 Å². The van der Waals surface area contributed by atoms with Crippen LogP contribution in [-0.2, 0) is 16.0 Å². The molecule has 0 aromatic heterocycles. The van der Waals surface area contributed by atoms with Crippen molar-refractivity contribution >= 4 is 34.0 Å². The molecular weight excluding hydrogens is 376 g/mol. The Hall–Kier alpha value is -3.34. The van der Waals surface area contributed by atoms with Crippen molar-refractivity contribution in [2.45, 2.75) is 27.2 Å². The molecule has 30 heavy (non-hydrogen) atoms. The zero-order valence-corrected chi connectivity index (χ0v) is 17.6. The normalized spacial score (nSPS) is 15.3. The van der Waals surface area contributed by atoms with E-state index in [4.69, 9.17) is 4.74 Å². The van der Waals surface area contributed by atoms with Crippen molar-refractivity contribution in [2.24, 2.45) is 5.41 Å². The highest BCUT2D eigenvalue weighted by Crippen LogP contribution is 2.38. The van der Waals surface area contributed by atoms with E-state index in [2.05, 4.69) is 5.32 Å². The van der Waals surface area contributed by atoms with E-state index >= 15 is 0 Å². The molecule has 1 aliphatic rings. The number of carbonyl (C=O) groups is 2. The van der Waals surface area contributed by atoms with Crippen LogP contribution in [0, 0.1) is 5.41 Å². The molecule has 4 rings (SSSR count). The maximum Gasteiger partial charge on any atom is 0.236 e. The van der Waals surface area contributed by atoms with Crippen molar-refractivity contribution in [3.8, 4) is 5.75 Å². The van der Waals surface area contributed by atoms with Crippen molar-refractivity contribution in [2.75, 3.05) is 23.4 Å². The highest BCUT2D eigenvalue weighted by atomic mass is 16.5. The van der Waals surface area contributed by atoms with Crippen LogP contribution in [0.25, 0.3) is 10.8 Å². The fraction of sp³-hybridized carbons (Fsp3) is 0.280. The molecule has 5 nitrogen and oxygen atoms in total. The third-order valence-corrected chi connectivity index (χ3v) is 5.49. The molecule has 0 unspecified atom stereocenters. The van der Waals surface area contributed by atoms with E-state index in [1.54, 1.807) is 4.90 Å². The van der Waals surface area contributed by atoms with Gasteiger partial charge in [-0.25, -0.2) is 0 Å². The molecule has 0 fully saturated rings. The molecular formula is C25H26N2O3. The molecule has 2 amide bonds. The fourth-order valence-corrected chi connectivity index (χ4v) is 3.86. The first-order valence-electron chi connectivity index (χ1n) is 10.2. The fourth-order valence-electron chi connectivity index (χ4n) is 3.86. The number of ether oxygens (including phenoxy) is 1. The molecule has 1 aliphatic heterocycles. The standard InChI is InChI=1S/C25H26N2O3/c1-4-27-21-15-19(12-13-22(21)30-16-25(2,3)24(27)29)26-23(28)14-18-10-7-9-17-8-5-6-11-20(17)18/h5-13,15H,4,14,16H2,1-3H3,(H,26,28). The second kappa shape index (κ2) is 7.82. The number of nitrogens with one attached hydrogen (secondary N) is 1. The molecule has 0 bridgehead atoms. The minimum atomic E-state index is -0.604. The summed E-state index contributed by atoms with van der Waals surface area (Å²) >= 11 is 0. The summed E-state index contributed by atoms with van der Waals surface area (Å²) in [4.78, 5) is 27.4. The van der Waals surface area contributed by atoms with Gasteiger partial charge in [0.15, 0.2) is 0 Å². The van der Waals surface area contributed by atoms with E-state index in [0.717, 1.165) is 16.3 Å². The van der Waals surface area contributed by atoms with Gasteiger partial charge in [-0.3, -0.25) is 9.59 Å². The number of amides is 2. The average molecular weight is 402 g/mol. The predicted octanol–water partition coefficient (Wildman–Crippen LogP) is 4.79. The highest BCUT2D eigenvalue weighted by molar-refractivity contribution is 6.01. The molecule has 0 atom stereocenters. The molecule has 0 aliphatic carbocycles. The summed E-state index contributed by atoms with van der Waals surface area (Å²) in [6.07, 6.45) is 0.276. The van der Waals surface area contributed by atoms with Gasteiger partial charge in [-0.2, -0.15) is 0 Å². The Labute approximate surface area is 176 Å². The first kappa shape index (κ1) is 20.0. The zero-order valence-electron chi connectivity index (χ0n) is 17.6. The van der Waals surface area contributed by atoms with Crippen LogP contribution in [0.4, 0.5) is 11.4 Å². The summed E-state index contributed by atoms with van der Waals surface area (Å²) in [6, 6.07) is 19.5. The van der Waals surface area contributed by atoms with Crippen molar-refractivity contribution in [3.05, 3.63) is 66.2 Å². The van der Waals surface area contributed by atoms with Crippen LogP contribution < -0.4 is 15.0 Å². The van der Waals surface area contributed by atoms with Crippen LogP contribution >= 0.6 is 0 Å². The summed E-state index contributed by atoms with van der Waals surface area (Å²) in [6.45, 7) is 6.57. The number of hydrogen-bond acceptors (Lipinski definition) is 3. The van der Waals surface area contributed by atoms with Crippen LogP contribution in [-0.4, -0.2) is 25.0 Å². The molecule has 5 heteroatoms. The first-order chi connectivity index (χ1) is 14.4. The van der Waals surface area contributed by atoms with E-state index in [1.807, 2.05) is 81.4 Å². The second-order valence-corrected chi connectivity index (χ2v) is 8.27. The van der Waals surface area contributed by atoms with Gasteiger partial charge < -0.3 is 15.0 Å².